The molecule has 1 N–H and O–H groups in total. The third-order valence-electron chi connectivity index (χ3n) is 6.85. The molecule has 0 saturated carbocycles. The topological polar surface area (TPSA) is 56.8 Å². The lowest BCUT2D eigenvalue weighted by Gasteiger charge is -2.19. The van der Waals surface area contributed by atoms with E-state index >= 15 is 0 Å². The van der Waals surface area contributed by atoms with Crippen molar-refractivity contribution in [2.24, 2.45) is 0 Å². The molecule has 1 fully saturated rings. The van der Waals surface area contributed by atoms with E-state index in [-0.39, 0.29) is 18.3 Å². The van der Waals surface area contributed by atoms with Gasteiger partial charge in [0.25, 0.3) is 0 Å². The number of hydrogen-bond donors (Lipinski definition) is 1. The van der Waals surface area contributed by atoms with Gasteiger partial charge in [0.15, 0.2) is 0 Å². The van der Waals surface area contributed by atoms with Crippen LogP contribution in [0.5, 0.6) is 0 Å². The molecule has 1 amide bonds. The molecular weight excluding hydrogens is 438 g/mol. The lowest BCUT2D eigenvalue weighted by Crippen LogP contribution is -2.35. The van der Waals surface area contributed by atoms with Crippen LogP contribution in [0, 0.1) is 0 Å². The van der Waals surface area contributed by atoms with Crippen molar-refractivity contribution >= 4 is 6.09 Å². The first-order chi connectivity index (χ1) is 17.3. The summed E-state index contributed by atoms with van der Waals surface area (Å²) in [4.78, 5) is 12.2. The zero-order valence-corrected chi connectivity index (χ0v) is 22.3. The number of hydrogen-bond acceptors (Lipinski definition) is 4. The van der Waals surface area contributed by atoms with Crippen molar-refractivity contribution in [1.29, 1.82) is 0 Å². The monoisotopic (exact) mass is 489 g/mol. The van der Waals surface area contributed by atoms with Gasteiger partial charge in [-0.3, -0.25) is 0 Å². The average Bonchev–Trinajstić information content (AvgIpc) is 3.31. The number of carbonyl (C=O) groups excluding carboxylic acids is 1. The Morgan fingerprint density at radius 3 is 2.03 bits per heavy atom. The minimum Gasteiger partial charge on any atom is -0.443 e. The van der Waals surface area contributed by atoms with Crippen LogP contribution >= 0.6 is 0 Å². The lowest BCUT2D eigenvalue weighted by atomic mass is 10.0. The molecule has 1 heterocycles. The fraction of sp³-hybridized carbons (Fsp3) is 0.767. The van der Waals surface area contributed by atoms with Gasteiger partial charge >= 0.3 is 6.09 Å². The van der Waals surface area contributed by atoms with Gasteiger partial charge < -0.3 is 19.5 Å². The Balaban J connectivity index is 1.36. The standard InChI is InChI=1S/C30H51NO4/c1-2-3-4-5-6-7-8-9-10-11-12-13-14-15-19-23-31-30(32)35-28-22-24-34-29(28)26-33-25-27-20-17-16-18-21-27/h16-18,20-21,28-29H,2-15,19,22-26H2,1H3,(H,31,32). The Labute approximate surface area is 214 Å². The van der Waals surface area contributed by atoms with Crippen molar-refractivity contribution in [3.63, 3.8) is 0 Å². The van der Waals surface area contributed by atoms with Crippen LogP contribution in [-0.4, -0.2) is 38.1 Å². The molecule has 0 aromatic heterocycles. The number of amides is 1. The SMILES string of the molecule is CCCCCCCCCCCCCCCCCNC(=O)OC1CCOC1COCc1ccccc1. The van der Waals surface area contributed by atoms with E-state index in [0.29, 0.717) is 26.4 Å². The highest BCUT2D eigenvalue weighted by Crippen LogP contribution is 2.18. The van der Waals surface area contributed by atoms with Gasteiger partial charge in [-0.1, -0.05) is 127 Å². The number of unbranched alkanes of at least 4 members (excludes halogenated alkanes) is 14. The minimum absolute atomic E-state index is 0.185. The Morgan fingerprint density at radius 1 is 0.857 bits per heavy atom. The van der Waals surface area contributed by atoms with E-state index in [1.165, 1.54) is 89.9 Å². The molecule has 0 radical (unpaired) electrons. The van der Waals surface area contributed by atoms with Crippen LogP contribution in [0.2, 0.25) is 0 Å². The van der Waals surface area contributed by atoms with Gasteiger partial charge in [0.1, 0.15) is 12.2 Å². The summed E-state index contributed by atoms with van der Waals surface area (Å²) in [7, 11) is 0. The van der Waals surface area contributed by atoms with Crippen LogP contribution in [0.1, 0.15) is 115 Å². The van der Waals surface area contributed by atoms with Crippen LogP contribution in [0.15, 0.2) is 30.3 Å². The number of nitrogens with one attached hydrogen (secondary N) is 1. The van der Waals surface area contributed by atoms with E-state index < -0.39 is 0 Å². The molecule has 1 aromatic rings. The smallest absolute Gasteiger partial charge is 0.407 e. The summed E-state index contributed by atoms with van der Waals surface area (Å²) < 4.78 is 17.1. The molecule has 35 heavy (non-hydrogen) atoms. The molecule has 2 atom stereocenters. The Morgan fingerprint density at radius 2 is 1.43 bits per heavy atom. The number of benzene rings is 1. The molecule has 0 aliphatic carbocycles. The maximum absolute atomic E-state index is 12.2. The average molecular weight is 490 g/mol. The van der Waals surface area contributed by atoms with Crippen molar-refractivity contribution in [2.75, 3.05) is 19.8 Å². The van der Waals surface area contributed by atoms with Gasteiger partial charge in [-0.05, 0) is 12.0 Å². The Hall–Kier alpha value is -1.59. The molecule has 2 unspecified atom stereocenters. The number of carbonyl (C=O) groups is 1. The molecule has 200 valence electrons. The maximum Gasteiger partial charge on any atom is 0.407 e. The fourth-order valence-electron chi connectivity index (χ4n) is 4.65. The molecule has 1 aliphatic heterocycles. The zero-order chi connectivity index (χ0) is 24.8. The molecule has 1 aliphatic rings. The van der Waals surface area contributed by atoms with Crippen LogP contribution in [0.3, 0.4) is 0 Å². The Kier molecular flexibility index (Phi) is 17.4. The first-order valence-corrected chi connectivity index (χ1v) is 14.5. The van der Waals surface area contributed by atoms with E-state index in [2.05, 4.69) is 12.2 Å². The molecule has 1 saturated heterocycles. The van der Waals surface area contributed by atoms with Crippen LogP contribution < -0.4 is 5.32 Å². The highest BCUT2D eigenvalue weighted by atomic mass is 16.6. The van der Waals surface area contributed by atoms with Crippen LogP contribution in [-0.2, 0) is 20.8 Å². The second-order valence-electron chi connectivity index (χ2n) is 10.0. The quantitative estimate of drug-likeness (QED) is 0.178. The molecule has 0 bridgehead atoms. The van der Waals surface area contributed by atoms with Gasteiger partial charge in [-0.15, -0.1) is 0 Å². The molecule has 0 spiro atoms. The molecular formula is C30H51NO4. The third-order valence-corrected chi connectivity index (χ3v) is 6.85. The van der Waals surface area contributed by atoms with Gasteiger partial charge in [0.05, 0.1) is 19.8 Å². The van der Waals surface area contributed by atoms with Gasteiger partial charge in [0, 0.05) is 13.0 Å². The van der Waals surface area contributed by atoms with E-state index in [9.17, 15) is 4.79 Å². The first-order valence-electron chi connectivity index (χ1n) is 14.5. The summed E-state index contributed by atoms with van der Waals surface area (Å²) in [5.74, 6) is 0. The van der Waals surface area contributed by atoms with Crippen molar-refractivity contribution in [3.8, 4) is 0 Å². The fourth-order valence-corrected chi connectivity index (χ4v) is 4.65. The maximum atomic E-state index is 12.2. The summed E-state index contributed by atoms with van der Waals surface area (Å²) in [6.07, 6.45) is 20.1. The van der Waals surface area contributed by atoms with E-state index in [1.807, 2.05) is 30.3 Å². The van der Waals surface area contributed by atoms with Crippen molar-refractivity contribution in [1.82, 2.24) is 5.32 Å². The second-order valence-corrected chi connectivity index (χ2v) is 10.0. The van der Waals surface area contributed by atoms with Crippen molar-refractivity contribution < 1.29 is 19.0 Å². The summed E-state index contributed by atoms with van der Waals surface area (Å²) in [5.41, 5.74) is 1.13. The highest BCUT2D eigenvalue weighted by Gasteiger charge is 2.31. The highest BCUT2D eigenvalue weighted by molar-refractivity contribution is 5.67. The van der Waals surface area contributed by atoms with E-state index in [0.717, 1.165) is 18.4 Å². The molecule has 5 nitrogen and oxygen atoms in total. The summed E-state index contributed by atoms with van der Waals surface area (Å²) in [5, 5.41) is 2.90. The molecule has 1 aromatic carbocycles. The van der Waals surface area contributed by atoms with Gasteiger partial charge in [0.2, 0.25) is 0 Å². The number of ether oxygens (including phenoxy) is 3. The lowest BCUT2D eigenvalue weighted by molar-refractivity contribution is -0.0336. The second kappa shape index (κ2) is 20.6. The zero-order valence-electron chi connectivity index (χ0n) is 22.3. The largest absolute Gasteiger partial charge is 0.443 e. The number of rotatable bonds is 21. The van der Waals surface area contributed by atoms with Crippen LogP contribution in [0.25, 0.3) is 0 Å². The predicted molar refractivity (Wildman–Crippen MR) is 144 cm³/mol. The summed E-state index contributed by atoms with van der Waals surface area (Å²) >= 11 is 0. The Bertz CT molecular complexity index is 624. The van der Waals surface area contributed by atoms with Crippen molar-refractivity contribution in [3.05, 3.63) is 35.9 Å². The predicted octanol–water partition coefficient (Wildman–Crippen LogP) is 7.96. The summed E-state index contributed by atoms with van der Waals surface area (Å²) in [6, 6.07) is 10.1. The summed E-state index contributed by atoms with van der Waals surface area (Å²) in [6.45, 7) is 4.54. The van der Waals surface area contributed by atoms with Crippen LogP contribution in [0.4, 0.5) is 4.79 Å². The normalized spacial score (nSPS) is 17.5. The molecule has 2 rings (SSSR count). The van der Waals surface area contributed by atoms with Gasteiger partial charge in [-0.2, -0.15) is 0 Å². The minimum atomic E-state index is -0.334. The number of alkyl carbamates (subject to hydrolysis) is 1. The molecule has 5 heteroatoms. The first kappa shape index (κ1) is 29.6. The van der Waals surface area contributed by atoms with E-state index in [4.69, 9.17) is 14.2 Å². The van der Waals surface area contributed by atoms with E-state index in [1.54, 1.807) is 0 Å². The van der Waals surface area contributed by atoms with Crippen molar-refractivity contribution in [2.45, 2.75) is 128 Å². The van der Waals surface area contributed by atoms with Gasteiger partial charge in [-0.25, -0.2) is 4.79 Å². The third kappa shape index (κ3) is 15.2.